The maximum absolute atomic E-state index is 2.40. The van der Waals surface area contributed by atoms with Gasteiger partial charge in [-0.1, -0.05) is 76.6 Å². The molecule has 0 amide bonds. The van der Waals surface area contributed by atoms with Crippen LogP contribution in [-0.4, -0.2) is 0 Å². The molecule has 0 aliphatic heterocycles. The van der Waals surface area contributed by atoms with E-state index in [9.17, 15) is 0 Å². The van der Waals surface area contributed by atoms with E-state index < -0.39 is 0 Å². The van der Waals surface area contributed by atoms with Crippen LogP contribution in [0.3, 0.4) is 0 Å². The van der Waals surface area contributed by atoms with Crippen LogP contribution in [0.15, 0.2) is 18.2 Å². The molecule has 1 aromatic carbocycles. The number of benzene rings is 1. The summed E-state index contributed by atoms with van der Waals surface area (Å²) in [5.41, 5.74) is 4.69. The molecule has 0 aromatic heterocycles. The largest absolute Gasteiger partial charge is 0.0654 e. The van der Waals surface area contributed by atoms with Crippen LogP contribution in [0.1, 0.15) is 76.0 Å². The molecular weight excluding hydrogens is 216 g/mol. The van der Waals surface area contributed by atoms with Gasteiger partial charge in [-0.25, -0.2) is 0 Å². The summed E-state index contributed by atoms with van der Waals surface area (Å²) in [6, 6.07) is 6.86. The van der Waals surface area contributed by atoms with E-state index in [0.717, 1.165) is 0 Å². The maximum Gasteiger partial charge on any atom is -0.0101 e. The fraction of sp³-hybridized carbons (Fsp3) is 0.667. The zero-order valence-electron chi connectivity index (χ0n) is 13.0. The van der Waals surface area contributed by atoms with Crippen molar-refractivity contribution in [3.8, 4) is 0 Å². The van der Waals surface area contributed by atoms with Crippen molar-refractivity contribution in [1.29, 1.82) is 0 Å². The molecule has 0 heterocycles. The minimum atomic E-state index is 0.322. The van der Waals surface area contributed by atoms with Crippen LogP contribution < -0.4 is 0 Å². The molecule has 0 saturated heterocycles. The first-order valence-electron chi connectivity index (χ1n) is 7.55. The van der Waals surface area contributed by atoms with E-state index >= 15 is 0 Å². The van der Waals surface area contributed by atoms with Gasteiger partial charge in [0.15, 0.2) is 0 Å². The summed E-state index contributed by atoms with van der Waals surface area (Å²) in [5, 5.41) is 0. The molecule has 102 valence electrons. The molecule has 1 rings (SSSR count). The Morgan fingerprint density at radius 1 is 0.944 bits per heavy atom. The van der Waals surface area contributed by atoms with Crippen LogP contribution in [0.5, 0.6) is 0 Å². The van der Waals surface area contributed by atoms with E-state index in [0.29, 0.717) is 5.41 Å². The summed E-state index contributed by atoms with van der Waals surface area (Å²) in [5.74, 6) is 0. The minimum Gasteiger partial charge on any atom is -0.0654 e. The van der Waals surface area contributed by atoms with Crippen molar-refractivity contribution in [3.63, 3.8) is 0 Å². The van der Waals surface area contributed by atoms with Gasteiger partial charge in [-0.2, -0.15) is 0 Å². The van der Waals surface area contributed by atoms with Crippen molar-refractivity contribution in [2.45, 2.75) is 78.6 Å². The number of unbranched alkanes of at least 4 members (excludes halogenated alkanes) is 4. The van der Waals surface area contributed by atoms with Crippen molar-refractivity contribution in [2.24, 2.45) is 0 Å². The number of hydrogen-bond acceptors (Lipinski definition) is 0. The minimum absolute atomic E-state index is 0.322. The third-order valence-electron chi connectivity index (χ3n) is 4.03. The molecule has 0 aliphatic carbocycles. The maximum atomic E-state index is 2.40. The molecule has 1 aromatic rings. The van der Waals surface area contributed by atoms with Crippen LogP contribution in [0.25, 0.3) is 0 Å². The van der Waals surface area contributed by atoms with E-state index in [-0.39, 0.29) is 0 Å². The first-order valence-corrected chi connectivity index (χ1v) is 7.55. The monoisotopic (exact) mass is 246 g/mol. The van der Waals surface area contributed by atoms with Crippen LogP contribution >= 0.6 is 0 Å². The van der Waals surface area contributed by atoms with Gasteiger partial charge in [-0.05, 0) is 36.8 Å². The Bertz CT molecular complexity index is 360. The van der Waals surface area contributed by atoms with Crippen LogP contribution in [0, 0.1) is 13.8 Å². The van der Waals surface area contributed by atoms with Gasteiger partial charge < -0.3 is 0 Å². The zero-order valence-corrected chi connectivity index (χ0v) is 13.0. The highest BCUT2D eigenvalue weighted by atomic mass is 14.3. The molecular formula is C18H30. The lowest BCUT2D eigenvalue weighted by atomic mass is 9.77. The lowest BCUT2D eigenvalue weighted by Gasteiger charge is -2.27. The highest BCUT2D eigenvalue weighted by Gasteiger charge is 2.21. The average molecular weight is 246 g/mol. The van der Waals surface area contributed by atoms with E-state index in [1.807, 2.05) is 0 Å². The van der Waals surface area contributed by atoms with Crippen molar-refractivity contribution < 1.29 is 0 Å². The second-order valence-electron chi connectivity index (χ2n) is 6.37. The van der Waals surface area contributed by atoms with Crippen LogP contribution in [0.2, 0.25) is 0 Å². The zero-order chi connectivity index (χ0) is 13.6. The van der Waals surface area contributed by atoms with Crippen molar-refractivity contribution in [2.75, 3.05) is 0 Å². The van der Waals surface area contributed by atoms with Gasteiger partial charge in [0.05, 0.1) is 0 Å². The number of rotatable bonds is 7. The molecule has 0 fully saturated rings. The predicted octanol–water partition coefficient (Wildman–Crippen LogP) is 5.94. The molecule has 0 spiro atoms. The van der Waals surface area contributed by atoms with Crippen molar-refractivity contribution in [3.05, 3.63) is 34.9 Å². The molecule has 0 bridgehead atoms. The van der Waals surface area contributed by atoms with Crippen LogP contribution in [-0.2, 0) is 5.41 Å². The van der Waals surface area contributed by atoms with Gasteiger partial charge in [-0.15, -0.1) is 0 Å². The molecule has 0 saturated carbocycles. The molecule has 0 N–H and O–H groups in total. The molecule has 0 atom stereocenters. The Kier molecular flexibility index (Phi) is 5.91. The molecule has 0 radical (unpaired) electrons. The Balaban J connectivity index is 2.59. The highest BCUT2D eigenvalue weighted by molar-refractivity contribution is 5.35. The molecule has 0 aliphatic rings. The lowest BCUT2D eigenvalue weighted by molar-refractivity contribution is 0.442. The summed E-state index contributed by atoms with van der Waals surface area (Å²) >= 11 is 0. The third-order valence-corrected chi connectivity index (χ3v) is 4.03. The lowest BCUT2D eigenvalue weighted by Crippen LogP contribution is -2.18. The number of hydrogen-bond donors (Lipinski definition) is 0. The highest BCUT2D eigenvalue weighted by Crippen LogP contribution is 2.32. The van der Waals surface area contributed by atoms with Crippen molar-refractivity contribution >= 4 is 0 Å². The quantitative estimate of drug-likeness (QED) is 0.522. The predicted molar refractivity (Wildman–Crippen MR) is 82.3 cm³/mol. The van der Waals surface area contributed by atoms with Gasteiger partial charge in [0.25, 0.3) is 0 Å². The average Bonchev–Trinajstić information content (AvgIpc) is 2.32. The SMILES string of the molecule is CCCCCCCC(C)(C)c1cc(C)ccc1C. The second-order valence-corrected chi connectivity index (χ2v) is 6.37. The van der Waals surface area contributed by atoms with Crippen molar-refractivity contribution in [1.82, 2.24) is 0 Å². The Labute approximate surface area is 114 Å². The number of aryl methyl sites for hydroxylation is 2. The fourth-order valence-electron chi connectivity index (χ4n) is 2.77. The smallest absolute Gasteiger partial charge is 0.0101 e. The molecule has 0 nitrogen and oxygen atoms in total. The molecule has 0 heteroatoms. The van der Waals surface area contributed by atoms with Gasteiger partial charge in [0.2, 0.25) is 0 Å². The summed E-state index contributed by atoms with van der Waals surface area (Å²) in [6.45, 7) is 11.5. The summed E-state index contributed by atoms with van der Waals surface area (Å²) in [6.07, 6.45) is 8.19. The molecule has 18 heavy (non-hydrogen) atoms. The normalized spacial score (nSPS) is 11.8. The summed E-state index contributed by atoms with van der Waals surface area (Å²) < 4.78 is 0. The standard InChI is InChI=1S/C18H30/c1-6-7-8-9-10-13-18(4,5)17-14-15(2)11-12-16(17)3/h11-12,14H,6-10,13H2,1-5H3. The first-order chi connectivity index (χ1) is 8.47. The Hall–Kier alpha value is -0.780. The van der Waals surface area contributed by atoms with Gasteiger partial charge in [0.1, 0.15) is 0 Å². The van der Waals surface area contributed by atoms with E-state index in [4.69, 9.17) is 0 Å². The second kappa shape index (κ2) is 6.97. The fourth-order valence-corrected chi connectivity index (χ4v) is 2.77. The van der Waals surface area contributed by atoms with Crippen LogP contribution in [0.4, 0.5) is 0 Å². The molecule has 0 unspecified atom stereocenters. The van der Waals surface area contributed by atoms with Gasteiger partial charge in [0, 0.05) is 0 Å². The summed E-state index contributed by atoms with van der Waals surface area (Å²) in [4.78, 5) is 0. The topological polar surface area (TPSA) is 0 Å². The Morgan fingerprint density at radius 2 is 1.61 bits per heavy atom. The van der Waals surface area contributed by atoms with Gasteiger partial charge in [-0.3, -0.25) is 0 Å². The Morgan fingerprint density at radius 3 is 2.28 bits per heavy atom. The third kappa shape index (κ3) is 4.48. The van der Waals surface area contributed by atoms with Gasteiger partial charge >= 0.3 is 0 Å². The van der Waals surface area contributed by atoms with E-state index in [1.165, 1.54) is 55.2 Å². The van der Waals surface area contributed by atoms with E-state index in [2.05, 4.69) is 52.8 Å². The first kappa shape index (κ1) is 15.3. The summed E-state index contributed by atoms with van der Waals surface area (Å²) in [7, 11) is 0. The van der Waals surface area contributed by atoms with E-state index in [1.54, 1.807) is 0 Å².